The number of rotatable bonds is 16. The summed E-state index contributed by atoms with van der Waals surface area (Å²) in [5.74, 6) is -0.0994. The van der Waals surface area contributed by atoms with Gasteiger partial charge in [0.25, 0.3) is 5.91 Å². The monoisotopic (exact) mass is 807 g/mol. The molecular weight excluding hydrogens is 759 g/mol. The fourth-order valence-corrected chi connectivity index (χ4v) is 8.12. The van der Waals surface area contributed by atoms with E-state index in [1.54, 1.807) is 82.5 Å². The number of amides is 5. The molecule has 19 heteroatoms. The van der Waals surface area contributed by atoms with Crippen LogP contribution in [0.3, 0.4) is 0 Å². The molecule has 3 unspecified atom stereocenters. The van der Waals surface area contributed by atoms with Crippen molar-refractivity contribution in [3.63, 3.8) is 0 Å². The number of carbonyl (C=O) groups is 5. The smallest absolute Gasteiger partial charge is 0.408 e. The molecule has 4 N–H and O–H groups in total. The normalized spacial score (nSPS) is 14.6. The van der Waals surface area contributed by atoms with Crippen molar-refractivity contribution in [1.29, 1.82) is 0 Å². The van der Waals surface area contributed by atoms with Gasteiger partial charge in [-0.05, 0) is 82.5 Å². The Balaban J connectivity index is 1.73. The highest BCUT2D eigenvalue weighted by molar-refractivity contribution is 8.76. The van der Waals surface area contributed by atoms with E-state index in [2.05, 4.69) is 26.3 Å². The summed E-state index contributed by atoms with van der Waals surface area (Å²) in [6.45, 7) is 12.6. The van der Waals surface area contributed by atoms with E-state index in [1.807, 2.05) is 6.92 Å². The van der Waals surface area contributed by atoms with E-state index in [0.717, 1.165) is 27.3 Å². The van der Waals surface area contributed by atoms with E-state index < -0.39 is 58.3 Å². The van der Waals surface area contributed by atoms with Gasteiger partial charge in [0.05, 0.1) is 16.8 Å². The maximum absolute atomic E-state index is 13.6. The number of carbonyl (C=O) groups excluding carboxylic acids is 5. The topological polar surface area (TPSA) is 211 Å². The van der Waals surface area contributed by atoms with Crippen molar-refractivity contribution in [2.24, 2.45) is 0 Å². The zero-order chi connectivity index (χ0) is 40.1. The molecule has 1 aliphatic heterocycles. The molecule has 3 atom stereocenters. The Bertz CT molecular complexity index is 1650. The molecule has 0 spiro atoms. The van der Waals surface area contributed by atoms with Crippen molar-refractivity contribution in [3.8, 4) is 0 Å². The number of hydrogen-bond donors (Lipinski definition) is 4. The van der Waals surface area contributed by atoms with Crippen LogP contribution in [-0.4, -0.2) is 98.0 Å². The van der Waals surface area contributed by atoms with Gasteiger partial charge in [-0.15, -0.1) is 11.8 Å². The minimum Gasteiger partial charge on any atom is -0.444 e. The van der Waals surface area contributed by atoms with E-state index in [9.17, 15) is 34.1 Å². The highest BCUT2D eigenvalue weighted by atomic mass is 33.1. The predicted molar refractivity (Wildman–Crippen MR) is 209 cm³/mol. The first-order valence-corrected chi connectivity index (χ1v) is 20.8. The molecule has 0 radical (unpaired) electrons. The lowest BCUT2D eigenvalue weighted by Crippen LogP contribution is -2.59. The SMILES string of the molecule is CCCC(NC(=O)c1cccc(CNC(=O)C(CSSc2ncccc2[N+](=O)[O-])NC(=O)OC(C)(C)C)c1)C(NC(=O)OC(C)(C)C)C(=O)N1CCSC1. The molecule has 0 aliphatic carbocycles. The van der Waals surface area contributed by atoms with Crippen LogP contribution in [0.5, 0.6) is 0 Å². The minimum atomic E-state index is -1.10. The molecule has 16 nitrogen and oxygen atoms in total. The molecule has 1 aliphatic rings. The van der Waals surface area contributed by atoms with E-state index >= 15 is 0 Å². The number of pyridine rings is 1. The van der Waals surface area contributed by atoms with Gasteiger partial charge in [0.2, 0.25) is 11.8 Å². The standard InChI is InChI=1S/C35H49N7O9S3/c1-8-11-24(27(31(45)41-16-17-52-21-41)40-33(47)51-35(5,6)7)38-28(43)23-13-9-12-22(18-23)19-37-29(44)25(39-32(46)50-34(2,3)4)20-53-54-30-26(42(48)49)14-10-15-36-30/h9-10,12-15,18,24-25,27H,8,11,16-17,19-21H2,1-7H3,(H,37,44)(H,38,43)(H,39,46)(H,40,47). The first-order valence-electron chi connectivity index (χ1n) is 17.3. The Hall–Kier alpha value is -4.23. The number of ether oxygens (including phenoxy) is 2. The third kappa shape index (κ3) is 14.9. The van der Waals surface area contributed by atoms with Crippen LogP contribution in [0.4, 0.5) is 15.3 Å². The van der Waals surface area contributed by atoms with Crippen LogP contribution in [0.25, 0.3) is 0 Å². The van der Waals surface area contributed by atoms with E-state index in [1.165, 1.54) is 18.3 Å². The third-order valence-corrected chi connectivity index (χ3v) is 10.6. The molecule has 3 rings (SSSR count). The maximum atomic E-state index is 13.6. The zero-order valence-corrected chi connectivity index (χ0v) is 33.9. The number of thioether (sulfide) groups is 1. The molecule has 296 valence electrons. The molecule has 2 aromatic rings. The predicted octanol–water partition coefficient (Wildman–Crippen LogP) is 5.26. The van der Waals surface area contributed by atoms with Crippen LogP contribution < -0.4 is 21.3 Å². The van der Waals surface area contributed by atoms with Crippen LogP contribution in [0, 0.1) is 10.1 Å². The average Bonchev–Trinajstić information content (AvgIpc) is 3.63. The highest BCUT2D eigenvalue weighted by Crippen LogP contribution is 2.35. The molecule has 5 amide bonds. The summed E-state index contributed by atoms with van der Waals surface area (Å²) in [7, 11) is 2.09. The lowest BCUT2D eigenvalue weighted by atomic mass is 10.0. The molecule has 2 heterocycles. The van der Waals surface area contributed by atoms with Gasteiger partial charge in [-0.3, -0.25) is 24.5 Å². The molecule has 1 aromatic carbocycles. The molecule has 1 fully saturated rings. The van der Waals surface area contributed by atoms with Gasteiger partial charge in [-0.25, -0.2) is 14.6 Å². The molecule has 0 saturated carbocycles. The Kier molecular flexibility index (Phi) is 16.7. The molecule has 1 aromatic heterocycles. The molecule has 1 saturated heterocycles. The Morgan fingerprint density at radius 1 is 1.00 bits per heavy atom. The van der Waals surface area contributed by atoms with Crippen molar-refractivity contribution in [2.75, 3.05) is 23.9 Å². The number of nitrogens with zero attached hydrogens (tertiary/aromatic N) is 3. The molecule has 0 bridgehead atoms. The largest absolute Gasteiger partial charge is 0.444 e. The second kappa shape index (κ2) is 20.5. The second-order valence-electron chi connectivity index (χ2n) is 14.2. The van der Waals surface area contributed by atoms with Crippen LogP contribution in [-0.2, 0) is 25.6 Å². The Morgan fingerprint density at radius 2 is 1.69 bits per heavy atom. The summed E-state index contributed by atoms with van der Waals surface area (Å²) in [6, 6.07) is 6.40. The van der Waals surface area contributed by atoms with Crippen LogP contribution >= 0.6 is 33.3 Å². The van der Waals surface area contributed by atoms with Gasteiger partial charge in [0.15, 0.2) is 5.03 Å². The Labute approximate surface area is 327 Å². The number of alkyl carbamates (subject to hydrolysis) is 2. The first-order chi connectivity index (χ1) is 25.4. The lowest BCUT2D eigenvalue weighted by molar-refractivity contribution is -0.388. The first kappa shape index (κ1) is 44.2. The summed E-state index contributed by atoms with van der Waals surface area (Å²) < 4.78 is 10.8. The number of hydrogen-bond acceptors (Lipinski definition) is 13. The fraction of sp³-hybridized carbons (Fsp3) is 0.543. The van der Waals surface area contributed by atoms with Crippen molar-refractivity contribution in [1.82, 2.24) is 31.2 Å². The lowest BCUT2D eigenvalue weighted by Gasteiger charge is -2.31. The molecule has 54 heavy (non-hydrogen) atoms. The fourth-order valence-electron chi connectivity index (χ4n) is 4.95. The zero-order valence-electron chi connectivity index (χ0n) is 31.5. The highest BCUT2D eigenvalue weighted by Gasteiger charge is 2.36. The van der Waals surface area contributed by atoms with Crippen molar-refractivity contribution >= 4 is 68.9 Å². The molecular formula is C35H49N7O9S3. The Morgan fingerprint density at radius 3 is 2.30 bits per heavy atom. The van der Waals surface area contributed by atoms with Crippen molar-refractivity contribution in [2.45, 2.75) is 102 Å². The minimum absolute atomic E-state index is 0.0116. The summed E-state index contributed by atoms with van der Waals surface area (Å²) in [4.78, 5) is 82.7. The van der Waals surface area contributed by atoms with Gasteiger partial charge in [-0.2, -0.15) is 0 Å². The summed E-state index contributed by atoms with van der Waals surface area (Å²) >= 11 is 1.60. The van der Waals surface area contributed by atoms with Crippen molar-refractivity contribution < 1.29 is 38.4 Å². The summed E-state index contributed by atoms with van der Waals surface area (Å²) in [6.07, 6.45) is 0.836. The van der Waals surface area contributed by atoms with E-state index in [4.69, 9.17) is 9.47 Å². The number of benzene rings is 1. The number of nitrogens with one attached hydrogen (secondary N) is 4. The van der Waals surface area contributed by atoms with Gasteiger partial charge >= 0.3 is 17.9 Å². The third-order valence-electron chi connectivity index (χ3n) is 7.30. The summed E-state index contributed by atoms with van der Waals surface area (Å²) in [5.41, 5.74) is -0.986. The summed E-state index contributed by atoms with van der Waals surface area (Å²) in [5, 5.41) is 22.5. The van der Waals surface area contributed by atoms with Gasteiger partial charge in [0, 0.05) is 42.4 Å². The van der Waals surface area contributed by atoms with Gasteiger partial charge < -0.3 is 35.6 Å². The van der Waals surface area contributed by atoms with E-state index in [0.29, 0.717) is 30.8 Å². The average molecular weight is 808 g/mol. The van der Waals surface area contributed by atoms with Gasteiger partial charge in [-0.1, -0.05) is 36.3 Å². The van der Waals surface area contributed by atoms with Crippen molar-refractivity contribution in [3.05, 3.63) is 63.8 Å². The maximum Gasteiger partial charge on any atom is 0.408 e. The van der Waals surface area contributed by atoms with Gasteiger partial charge in [0.1, 0.15) is 23.3 Å². The number of aromatic nitrogens is 1. The van der Waals surface area contributed by atoms with Crippen LogP contribution in [0.15, 0.2) is 47.6 Å². The second-order valence-corrected chi connectivity index (χ2v) is 17.6. The van der Waals surface area contributed by atoms with E-state index in [-0.39, 0.29) is 34.5 Å². The van der Waals surface area contributed by atoms with Crippen LogP contribution in [0.1, 0.15) is 77.2 Å². The van der Waals surface area contributed by atoms with Crippen LogP contribution in [0.2, 0.25) is 0 Å². The quantitative estimate of drug-likeness (QED) is 0.0970. The number of nitro groups is 1.